The van der Waals surface area contributed by atoms with E-state index >= 15 is 0 Å². The smallest absolute Gasteiger partial charge is 0.255 e. The fraction of sp³-hybridized carbons (Fsp3) is 0.467. The average Bonchev–Trinajstić information content (AvgIpc) is 2.93. The molecule has 0 aliphatic carbocycles. The summed E-state index contributed by atoms with van der Waals surface area (Å²) in [6.07, 6.45) is 0. The number of benzene rings is 1. The average molecular weight is 342 g/mol. The van der Waals surface area contributed by atoms with Gasteiger partial charge in [-0.1, -0.05) is 11.6 Å². The number of nitrogens with two attached hydrogens (primary N) is 1. The van der Waals surface area contributed by atoms with Gasteiger partial charge in [0.25, 0.3) is 5.91 Å². The predicted molar refractivity (Wildman–Crippen MR) is 90.0 cm³/mol. The van der Waals surface area contributed by atoms with Gasteiger partial charge in [0.05, 0.1) is 5.88 Å². The van der Waals surface area contributed by atoms with Gasteiger partial charge in [-0.15, -0.1) is 11.8 Å². The summed E-state index contributed by atoms with van der Waals surface area (Å²) in [5.41, 5.74) is 5.92. The first kappa shape index (κ1) is 17.1. The first-order valence-corrected chi connectivity index (χ1v) is 8.52. The number of nitrogens with one attached hydrogen (secondary N) is 1. The van der Waals surface area contributed by atoms with Crippen LogP contribution in [0.15, 0.2) is 24.3 Å². The Balaban J connectivity index is 2.05. The number of rotatable bonds is 4. The number of hydrogen-bond acceptors (Lipinski definition) is 4. The summed E-state index contributed by atoms with van der Waals surface area (Å²) in [7, 11) is 0. The normalized spacial score (nSPS) is 18.4. The van der Waals surface area contributed by atoms with E-state index in [-0.39, 0.29) is 11.8 Å². The van der Waals surface area contributed by atoms with E-state index in [1.54, 1.807) is 40.9 Å². The molecule has 3 N–H and O–H groups in total. The molecule has 0 aromatic heterocycles. The van der Waals surface area contributed by atoms with Crippen molar-refractivity contribution in [1.82, 2.24) is 10.2 Å². The van der Waals surface area contributed by atoms with Crippen molar-refractivity contribution in [2.24, 2.45) is 5.73 Å². The number of nitrogens with zero attached hydrogens (tertiary/aromatic N) is 1. The molecule has 5 nitrogen and oxygen atoms in total. The molecule has 1 unspecified atom stereocenters. The highest BCUT2D eigenvalue weighted by molar-refractivity contribution is 7.99. The van der Waals surface area contributed by atoms with Crippen LogP contribution in [0.3, 0.4) is 0 Å². The Kier molecular flexibility index (Phi) is 5.36. The van der Waals surface area contributed by atoms with Gasteiger partial charge in [0, 0.05) is 28.4 Å². The molecule has 1 aliphatic rings. The molecule has 0 spiro atoms. The molecule has 7 heteroatoms. The molecular formula is C15H20ClN3O2S. The van der Waals surface area contributed by atoms with E-state index in [0.29, 0.717) is 28.8 Å². The van der Waals surface area contributed by atoms with Crippen molar-refractivity contribution in [2.75, 3.05) is 18.2 Å². The van der Waals surface area contributed by atoms with Crippen LogP contribution in [0.5, 0.6) is 0 Å². The van der Waals surface area contributed by atoms with Gasteiger partial charge in [-0.05, 0) is 38.1 Å². The van der Waals surface area contributed by atoms with Gasteiger partial charge < -0.3 is 16.0 Å². The molecular weight excluding hydrogens is 322 g/mol. The molecule has 1 aromatic carbocycles. The maximum absolute atomic E-state index is 12.5. The molecule has 120 valence electrons. The van der Waals surface area contributed by atoms with Gasteiger partial charge >= 0.3 is 0 Å². The van der Waals surface area contributed by atoms with Crippen LogP contribution < -0.4 is 11.1 Å². The summed E-state index contributed by atoms with van der Waals surface area (Å²) in [5, 5.41) is 3.39. The molecule has 2 rings (SSSR count). The number of carbonyl (C=O) groups is 2. The monoisotopic (exact) mass is 341 g/mol. The van der Waals surface area contributed by atoms with Gasteiger partial charge in [-0.2, -0.15) is 0 Å². The first-order valence-electron chi connectivity index (χ1n) is 6.99. The fourth-order valence-corrected chi connectivity index (χ4v) is 3.33. The third-order valence-corrected chi connectivity index (χ3v) is 4.52. The maximum Gasteiger partial charge on any atom is 0.255 e. The zero-order valence-corrected chi connectivity index (χ0v) is 14.2. The summed E-state index contributed by atoms with van der Waals surface area (Å²) >= 11 is 7.40. The van der Waals surface area contributed by atoms with E-state index in [1.165, 1.54) is 0 Å². The molecule has 22 heavy (non-hydrogen) atoms. The molecule has 1 aromatic rings. The zero-order valence-electron chi connectivity index (χ0n) is 12.6. The molecule has 1 atom stereocenters. The van der Waals surface area contributed by atoms with Gasteiger partial charge in [0.15, 0.2) is 0 Å². The second-order valence-corrected chi connectivity index (χ2v) is 7.44. The summed E-state index contributed by atoms with van der Waals surface area (Å²) in [6, 6.07) is 6.22. The summed E-state index contributed by atoms with van der Waals surface area (Å²) in [6.45, 7) is 4.05. The SMILES string of the molecule is CC(C)(N)CNC(=O)C1CSCN1C(=O)c1ccc(Cl)cc1. The highest BCUT2D eigenvalue weighted by Gasteiger charge is 2.35. The first-order chi connectivity index (χ1) is 10.3. The van der Waals surface area contributed by atoms with Crippen LogP contribution in [0.2, 0.25) is 5.02 Å². The minimum atomic E-state index is -0.480. The van der Waals surface area contributed by atoms with Crippen LogP contribution in [0, 0.1) is 0 Å². The van der Waals surface area contributed by atoms with E-state index < -0.39 is 11.6 Å². The Bertz CT molecular complexity index is 557. The topological polar surface area (TPSA) is 75.4 Å². The van der Waals surface area contributed by atoms with Crippen LogP contribution >= 0.6 is 23.4 Å². The van der Waals surface area contributed by atoms with Crippen LogP contribution in [-0.4, -0.2) is 46.5 Å². The second kappa shape index (κ2) is 6.89. The van der Waals surface area contributed by atoms with Gasteiger partial charge in [-0.3, -0.25) is 9.59 Å². The van der Waals surface area contributed by atoms with Crippen LogP contribution in [0.25, 0.3) is 0 Å². The Morgan fingerprint density at radius 2 is 2.05 bits per heavy atom. The highest BCUT2D eigenvalue weighted by atomic mass is 35.5. The van der Waals surface area contributed by atoms with E-state index in [2.05, 4.69) is 5.32 Å². The van der Waals surface area contributed by atoms with Gasteiger partial charge in [0.2, 0.25) is 5.91 Å². The molecule has 0 radical (unpaired) electrons. The van der Waals surface area contributed by atoms with E-state index in [4.69, 9.17) is 17.3 Å². The van der Waals surface area contributed by atoms with Crippen molar-refractivity contribution in [3.05, 3.63) is 34.9 Å². The number of halogens is 1. The second-order valence-electron chi connectivity index (χ2n) is 6.00. The Hall–Kier alpha value is -1.24. The molecule has 2 amide bonds. The molecule has 1 heterocycles. The Labute approximate surface area is 139 Å². The van der Waals surface area contributed by atoms with Crippen LogP contribution in [0.4, 0.5) is 0 Å². The number of carbonyl (C=O) groups excluding carboxylic acids is 2. The number of hydrogen-bond donors (Lipinski definition) is 2. The lowest BCUT2D eigenvalue weighted by atomic mass is 10.1. The minimum absolute atomic E-state index is 0.158. The predicted octanol–water partition coefficient (Wildman–Crippen LogP) is 1.71. The number of amides is 2. The van der Waals surface area contributed by atoms with Crippen LogP contribution in [0.1, 0.15) is 24.2 Å². The Morgan fingerprint density at radius 1 is 1.41 bits per heavy atom. The van der Waals surface area contributed by atoms with Crippen molar-refractivity contribution >= 4 is 35.2 Å². The van der Waals surface area contributed by atoms with Crippen molar-refractivity contribution < 1.29 is 9.59 Å². The van der Waals surface area contributed by atoms with E-state index in [9.17, 15) is 9.59 Å². The van der Waals surface area contributed by atoms with Crippen molar-refractivity contribution in [3.8, 4) is 0 Å². The third-order valence-electron chi connectivity index (χ3n) is 3.26. The van der Waals surface area contributed by atoms with Crippen molar-refractivity contribution in [2.45, 2.75) is 25.4 Å². The summed E-state index contributed by atoms with van der Waals surface area (Å²) in [5.74, 6) is 0.779. The third kappa shape index (κ3) is 4.38. The van der Waals surface area contributed by atoms with Crippen molar-refractivity contribution in [3.63, 3.8) is 0 Å². The van der Waals surface area contributed by atoms with E-state index in [1.807, 2.05) is 13.8 Å². The van der Waals surface area contributed by atoms with Gasteiger partial charge in [-0.25, -0.2) is 0 Å². The maximum atomic E-state index is 12.5. The van der Waals surface area contributed by atoms with Crippen LogP contribution in [-0.2, 0) is 4.79 Å². The lowest BCUT2D eigenvalue weighted by molar-refractivity contribution is -0.124. The minimum Gasteiger partial charge on any atom is -0.352 e. The quantitative estimate of drug-likeness (QED) is 0.874. The van der Waals surface area contributed by atoms with Crippen molar-refractivity contribution in [1.29, 1.82) is 0 Å². The fourth-order valence-electron chi connectivity index (χ4n) is 2.05. The largest absolute Gasteiger partial charge is 0.352 e. The van der Waals surface area contributed by atoms with E-state index in [0.717, 1.165) is 0 Å². The lowest BCUT2D eigenvalue weighted by Gasteiger charge is -2.25. The molecule has 1 aliphatic heterocycles. The molecule has 0 saturated carbocycles. The number of thioether (sulfide) groups is 1. The highest BCUT2D eigenvalue weighted by Crippen LogP contribution is 2.24. The Morgan fingerprint density at radius 3 is 2.64 bits per heavy atom. The lowest BCUT2D eigenvalue weighted by Crippen LogP contribution is -2.52. The standard InChI is InChI=1S/C15H20ClN3O2S/c1-15(2,17)8-18-13(20)12-7-22-9-19(12)14(21)10-3-5-11(16)6-4-10/h3-6,12H,7-9,17H2,1-2H3,(H,18,20). The van der Waals surface area contributed by atoms with Gasteiger partial charge in [0.1, 0.15) is 6.04 Å². The molecule has 0 bridgehead atoms. The molecule has 1 saturated heterocycles. The summed E-state index contributed by atoms with van der Waals surface area (Å²) in [4.78, 5) is 26.4. The zero-order chi connectivity index (χ0) is 16.3. The molecule has 1 fully saturated rings. The summed E-state index contributed by atoms with van der Waals surface area (Å²) < 4.78 is 0.